The maximum Gasteiger partial charge on any atom is 0.153 e. The van der Waals surface area contributed by atoms with Gasteiger partial charge >= 0.3 is 0 Å². The Labute approximate surface area is 106 Å². The highest BCUT2D eigenvalue weighted by atomic mass is 15.3. The van der Waals surface area contributed by atoms with E-state index in [0.29, 0.717) is 0 Å². The Balaban J connectivity index is 1.74. The fraction of sp³-hybridized carbons (Fsp3) is 0.385. The third-order valence-electron chi connectivity index (χ3n) is 3.16. The summed E-state index contributed by atoms with van der Waals surface area (Å²) < 4.78 is 1.79. The van der Waals surface area contributed by atoms with Crippen molar-refractivity contribution in [1.29, 1.82) is 0 Å². The molecular formula is C13H17N5. The minimum absolute atomic E-state index is 0.882. The van der Waals surface area contributed by atoms with Crippen molar-refractivity contribution in [3.63, 3.8) is 0 Å². The second kappa shape index (κ2) is 5.29. The largest absolute Gasteiger partial charge is 0.314 e. The van der Waals surface area contributed by atoms with Crippen molar-refractivity contribution in [2.75, 3.05) is 26.2 Å². The van der Waals surface area contributed by atoms with Crippen LogP contribution >= 0.6 is 0 Å². The molecule has 18 heavy (non-hydrogen) atoms. The highest BCUT2D eigenvalue weighted by molar-refractivity contribution is 5.26. The number of nitrogens with one attached hydrogen (secondary N) is 1. The number of hydrogen-bond donors (Lipinski definition) is 1. The molecule has 1 aliphatic heterocycles. The molecular weight excluding hydrogens is 226 g/mol. The summed E-state index contributed by atoms with van der Waals surface area (Å²) in [5.41, 5.74) is 1.29. The monoisotopic (exact) mass is 243 g/mol. The summed E-state index contributed by atoms with van der Waals surface area (Å²) in [6, 6.07) is 6.09. The SMILES string of the molecule is c1cnn(-c2cc(CN3CCNCC3)ccn2)c1. The average Bonchev–Trinajstić information content (AvgIpc) is 2.94. The van der Waals surface area contributed by atoms with E-state index in [-0.39, 0.29) is 0 Å². The molecule has 0 atom stereocenters. The molecule has 0 radical (unpaired) electrons. The molecule has 2 aromatic heterocycles. The fourth-order valence-corrected chi connectivity index (χ4v) is 2.22. The highest BCUT2D eigenvalue weighted by Gasteiger charge is 2.10. The first-order valence-electron chi connectivity index (χ1n) is 6.30. The molecule has 0 saturated carbocycles. The molecule has 0 spiro atoms. The summed E-state index contributed by atoms with van der Waals surface area (Å²) in [5, 5.41) is 7.57. The van der Waals surface area contributed by atoms with Crippen LogP contribution in [-0.2, 0) is 6.54 Å². The molecule has 3 rings (SSSR count). The van der Waals surface area contributed by atoms with Crippen LogP contribution in [0.5, 0.6) is 0 Å². The lowest BCUT2D eigenvalue weighted by atomic mass is 10.2. The second-order valence-electron chi connectivity index (χ2n) is 4.50. The van der Waals surface area contributed by atoms with E-state index in [1.807, 2.05) is 18.5 Å². The van der Waals surface area contributed by atoms with Gasteiger partial charge in [0.1, 0.15) is 0 Å². The van der Waals surface area contributed by atoms with Crippen LogP contribution in [0.15, 0.2) is 36.8 Å². The number of aromatic nitrogens is 3. The number of pyridine rings is 1. The van der Waals surface area contributed by atoms with E-state index in [4.69, 9.17) is 0 Å². The van der Waals surface area contributed by atoms with Crippen molar-refractivity contribution >= 4 is 0 Å². The summed E-state index contributed by atoms with van der Waals surface area (Å²) in [7, 11) is 0. The summed E-state index contributed by atoms with van der Waals surface area (Å²) in [4.78, 5) is 6.80. The molecule has 0 unspecified atom stereocenters. The maximum atomic E-state index is 4.34. The first-order chi connectivity index (χ1) is 8.92. The number of rotatable bonds is 3. The molecule has 5 heteroatoms. The van der Waals surface area contributed by atoms with Crippen molar-refractivity contribution < 1.29 is 0 Å². The van der Waals surface area contributed by atoms with E-state index in [2.05, 4.69) is 32.4 Å². The van der Waals surface area contributed by atoms with Gasteiger partial charge in [0.25, 0.3) is 0 Å². The average molecular weight is 243 g/mol. The van der Waals surface area contributed by atoms with Gasteiger partial charge in [-0.05, 0) is 23.8 Å². The van der Waals surface area contributed by atoms with Gasteiger partial charge in [0.05, 0.1) is 0 Å². The first kappa shape index (κ1) is 11.4. The Hall–Kier alpha value is -1.72. The maximum absolute atomic E-state index is 4.34. The van der Waals surface area contributed by atoms with Gasteiger partial charge < -0.3 is 5.32 Å². The van der Waals surface area contributed by atoms with E-state index >= 15 is 0 Å². The van der Waals surface area contributed by atoms with Crippen LogP contribution in [0, 0.1) is 0 Å². The van der Waals surface area contributed by atoms with Crippen LogP contribution in [-0.4, -0.2) is 45.8 Å². The van der Waals surface area contributed by atoms with Gasteiger partial charge in [-0.15, -0.1) is 0 Å². The number of nitrogens with zero attached hydrogens (tertiary/aromatic N) is 4. The standard InChI is InChI=1S/C13H17N5/c1-3-16-18(7-1)13-10-12(2-4-15-13)11-17-8-5-14-6-9-17/h1-4,7,10,14H,5-6,8-9,11H2. The van der Waals surface area contributed by atoms with E-state index in [1.54, 1.807) is 10.9 Å². The zero-order chi connectivity index (χ0) is 12.2. The van der Waals surface area contributed by atoms with Crippen LogP contribution in [0.2, 0.25) is 0 Å². The topological polar surface area (TPSA) is 46.0 Å². The van der Waals surface area contributed by atoms with Crippen LogP contribution in [0.25, 0.3) is 5.82 Å². The van der Waals surface area contributed by atoms with Gasteiger partial charge in [-0.2, -0.15) is 5.10 Å². The van der Waals surface area contributed by atoms with Crippen molar-refractivity contribution in [3.05, 3.63) is 42.4 Å². The van der Waals surface area contributed by atoms with Crippen LogP contribution in [0.3, 0.4) is 0 Å². The number of hydrogen-bond acceptors (Lipinski definition) is 4. The van der Waals surface area contributed by atoms with Crippen molar-refractivity contribution in [3.8, 4) is 5.82 Å². The van der Waals surface area contributed by atoms with Crippen molar-refractivity contribution in [2.24, 2.45) is 0 Å². The van der Waals surface area contributed by atoms with E-state index in [0.717, 1.165) is 38.5 Å². The lowest BCUT2D eigenvalue weighted by Crippen LogP contribution is -2.42. The fourth-order valence-electron chi connectivity index (χ4n) is 2.22. The van der Waals surface area contributed by atoms with Crippen molar-refractivity contribution in [1.82, 2.24) is 25.0 Å². The minimum Gasteiger partial charge on any atom is -0.314 e. The minimum atomic E-state index is 0.882. The van der Waals surface area contributed by atoms with Gasteiger partial charge in [0.2, 0.25) is 0 Å². The van der Waals surface area contributed by atoms with Gasteiger partial charge in [-0.1, -0.05) is 0 Å². The first-order valence-corrected chi connectivity index (χ1v) is 6.30. The Morgan fingerprint density at radius 3 is 2.89 bits per heavy atom. The molecule has 1 saturated heterocycles. The summed E-state index contributed by atoms with van der Waals surface area (Å²) in [6.07, 6.45) is 5.54. The predicted octanol–water partition coefficient (Wildman–Crippen LogP) is 0.672. The summed E-state index contributed by atoms with van der Waals surface area (Å²) in [6.45, 7) is 5.37. The normalized spacial score (nSPS) is 16.9. The Morgan fingerprint density at radius 2 is 2.11 bits per heavy atom. The molecule has 1 fully saturated rings. The second-order valence-corrected chi connectivity index (χ2v) is 4.50. The quantitative estimate of drug-likeness (QED) is 0.861. The molecule has 3 heterocycles. The molecule has 5 nitrogen and oxygen atoms in total. The third kappa shape index (κ3) is 2.57. The highest BCUT2D eigenvalue weighted by Crippen LogP contribution is 2.09. The summed E-state index contributed by atoms with van der Waals surface area (Å²) >= 11 is 0. The Bertz CT molecular complexity index is 488. The number of piperazine rings is 1. The Kier molecular flexibility index (Phi) is 3.34. The molecule has 1 aliphatic rings. The lowest BCUT2D eigenvalue weighted by Gasteiger charge is -2.27. The third-order valence-corrected chi connectivity index (χ3v) is 3.16. The van der Waals surface area contributed by atoms with E-state index in [1.165, 1.54) is 5.56 Å². The molecule has 1 N–H and O–H groups in total. The van der Waals surface area contributed by atoms with Crippen LogP contribution < -0.4 is 5.32 Å². The van der Waals surface area contributed by atoms with Gasteiger partial charge in [-0.3, -0.25) is 4.90 Å². The summed E-state index contributed by atoms with van der Waals surface area (Å²) in [5.74, 6) is 0.882. The van der Waals surface area contributed by atoms with Crippen LogP contribution in [0.4, 0.5) is 0 Å². The smallest absolute Gasteiger partial charge is 0.153 e. The van der Waals surface area contributed by atoms with Gasteiger partial charge in [0, 0.05) is 51.3 Å². The van der Waals surface area contributed by atoms with Crippen LogP contribution in [0.1, 0.15) is 5.56 Å². The zero-order valence-electron chi connectivity index (χ0n) is 10.3. The lowest BCUT2D eigenvalue weighted by molar-refractivity contribution is 0.233. The van der Waals surface area contributed by atoms with Gasteiger partial charge in [0.15, 0.2) is 5.82 Å². The molecule has 0 amide bonds. The molecule has 2 aromatic rings. The molecule has 94 valence electrons. The Morgan fingerprint density at radius 1 is 1.22 bits per heavy atom. The molecule has 0 aliphatic carbocycles. The zero-order valence-corrected chi connectivity index (χ0v) is 10.3. The van der Waals surface area contributed by atoms with E-state index < -0.39 is 0 Å². The van der Waals surface area contributed by atoms with Gasteiger partial charge in [-0.25, -0.2) is 9.67 Å². The predicted molar refractivity (Wildman–Crippen MR) is 69.5 cm³/mol. The molecule has 0 aromatic carbocycles. The van der Waals surface area contributed by atoms with Crippen molar-refractivity contribution in [2.45, 2.75) is 6.54 Å². The molecule has 0 bridgehead atoms. The van der Waals surface area contributed by atoms with E-state index in [9.17, 15) is 0 Å².